The van der Waals surface area contributed by atoms with Gasteiger partial charge in [-0.1, -0.05) is 48.5 Å². The molecule has 1 amide bonds. The first-order valence-corrected chi connectivity index (χ1v) is 7.83. The number of aliphatic imine (C=N–C) groups is 1. The Labute approximate surface area is 131 Å². The molecule has 3 rings (SSSR count). The lowest BCUT2D eigenvalue weighted by atomic mass is 10.1. The molecule has 1 heterocycles. The van der Waals surface area contributed by atoms with Gasteiger partial charge in [0.05, 0.1) is 0 Å². The second kappa shape index (κ2) is 7.03. The van der Waals surface area contributed by atoms with E-state index in [4.69, 9.17) is 4.99 Å². The van der Waals surface area contributed by atoms with Crippen LogP contribution < -0.4 is 0 Å². The SMILES string of the molecule is O=C(c1ccccc1)N1CCCCCN=C1c1ccccc1. The molecule has 0 unspecified atom stereocenters. The van der Waals surface area contributed by atoms with Crippen molar-refractivity contribution in [2.45, 2.75) is 19.3 Å². The quantitative estimate of drug-likeness (QED) is 0.829. The Morgan fingerprint density at radius 1 is 0.864 bits per heavy atom. The van der Waals surface area contributed by atoms with Crippen molar-refractivity contribution in [3.05, 3.63) is 71.8 Å². The van der Waals surface area contributed by atoms with Crippen LogP contribution in [0.1, 0.15) is 35.2 Å². The Hall–Kier alpha value is -2.42. The monoisotopic (exact) mass is 292 g/mol. The Morgan fingerprint density at radius 2 is 1.55 bits per heavy atom. The highest BCUT2D eigenvalue weighted by molar-refractivity contribution is 6.12. The minimum atomic E-state index is 0.0325. The maximum atomic E-state index is 12.9. The summed E-state index contributed by atoms with van der Waals surface area (Å²) in [6.45, 7) is 1.50. The minimum Gasteiger partial charge on any atom is -0.293 e. The summed E-state index contributed by atoms with van der Waals surface area (Å²) >= 11 is 0. The van der Waals surface area contributed by atoms with Crippen LogP contribution in [0.3, 0.4) is 0 Å². The molecule has 0 fully saturated rings. The third-order valence-electron chi connectivity index (χ3n) is 3.85. The summed E-state index contributed by atoms with van der Waals surface area (Å²) in [5.74, 6) is 0.833. The summed E-state index contributed by atoms with van der Waals surface area (Å²) < 4.78 is 0. The van der Waals surface area contributed by atoms with Crippen molar-refractivity contribution in [2.24, 2.45) is 4.99 Å². The molecule has 2 aromatic rings. The van der Waals surface area contributed by atoms with Crippen molar-refractivity contribution in [3.8, 4) is 0 Å². The van der Waals surface area contributed by atoms with Gasteiger partial charge in [-0.15, -0.1) is 0 Å². The van der Waals surface area contributed by atoms with Gasteiger partial charge in [0.2, 0.25) is 0 Å². The zero-order valence-corrected chi connectivity index (χ0v) is 12.6. The first-order chi connectivity index (χ1) is 10.9. The summed E-state index contributed by atoms with van der Waals surface area (Å²) in [5.41, 5.74) is 1.72. The molecule has 22 heavy (non-hydrogen) atoms. The van der Waals surface area contributed by atoms with E-state index in [-0.39, 0.29) is 5.91 Å². The standard InChI is InChI=1S/C19H20N2O/c22-19(17-12-6-2-7-13-17)21-15-9-3-8-14-20-18(21)16-10-4-1-5-11-16/h1-2,4-7,10-13H,3,8-9,14-15H2. The predicted molar refractivity (Wildman–Crippen MR) is 89.2 cm³/mol. The van der Waals surface area contributed by atoms with Crippen LogP contribution in [0.15, 0.2) is 65.7 Å². The van der Waals surface area contributed by atoms with Crippen LogP contribution in [0.5, 0.6) is 0 Å². The van der Waals surface area contributed by atoms with Gasteiger partial charge in [-0.2, -0.15) is 0 Å². The molecular weight excluding hydrogens is 272 g/mol. The number of carbonyl (C=O) groups is 1. The van der Waals surface area contributed by atoms with E-state index in [1.165, 1.54) is 0 Å². The van der Waals surface area contributed by atoms with E-state index in [2.05, 4.69) is 0 Å². The zero-order valence-electron chi connectivity index (χ0n) is 12.6. The zero-order chi connectivity index (χ0) is 15.2. The lowest BCUT2D eigenvalue weighted by Crippen LogP contribution is -2.39. The van der Waals surface area contributed by atoms with Gasteiger partial charge in [-0.05, 0) is 31.4 Å². The summed E-state index contributed by atoms with van der Waals surface area (Å²) in [4.78, 5) is 19.4. The predicted octanol–water partition coefficient (Wildman–Crippen LogP) is 3.76. The number of hydrogen-bond donors (Lipinski definition) is 0. The van der Waals surface area contributed by atoms with Crippen LogP contribution in [-0.2, 0) is 0 Å². The Morgan fingerprint density at radius 3 is 2.27 bits per heavy atom. The molecule has 0 saturated heterocycles. The maximum Gasteiger partial charge on any atom is 0.259 e. The largest absolute Gasteiger partial charge is 0.293 e. The van der Waals surface area contributed by atoms with Crippen molar-refractivity contribution >= 4 is 11.7 Å². The van der Waals surface area contributed by atoms with Gasteiger partial charge in [-0.25, -0.2) is 0 Å². The summed E-state index contributed by atoms with van der Waals surface area (Å²) in [6.07, 6.45) is 3.22. The van der Waals surface area contributed by atoms with Crippen molar-refractivity contribution in [3.63, 3.8) is 0 Å². The molecule has 0 radical (unpaired) electrons. The molecule has 1 aliphatic heterocycles. The fraction of sp³-hybridized carbons (Fsp3) is 0.263. The highest BCUT2D eigenvalue weighted by Crippen LogP contribution is 2.15. The Bertz CT molecular complexity index is 650. The van der Waals surface area contributed by atoms with Crippen LogP contribution in [-0.4, -0.2) is 29.7 Å². The Kier molecular flexibility index (Phi) is 4.64. The first-order valence-electron chi connectivity index (χ1n) is 7.83. The van der Waals surface area contributed by atoms with E-state index in [0.717, 1.165) is 43.8 Å². The second-order valence-corrected chi connectivity index (χ2v) is 5.45. The van der Waals surface area contributed by atoms with Gasteiger partial charge in [0, 0.05) is 24.2 Å². The molecular formula is C19H20N2O. The third-order valence-corrected chi connectivity index (χ3v) is 3.85. The topological polar surface area (TPSA) is 32.7 Å². The molecule has 3 nitrogen and oxygen atoms in total. The number of hydrogen-bond acceptors (Lipinski definition) is 2. The number of rotatable bonds is 2. The van der Waals surface area contributed by atoms with E-state index < -0.39 is 0 Å². The normalized spacial score (nSPS) is 15.6. The van der Waals surface area contributed by atoms with Gasteiger partial charge in [-0.3, -0.25) is 14.7 Å². The Balaban J connectivity index is 1.97. The third kappa shape index (κ3) is 3.25. The van der Waals surface area contributed by atoms with Crippen molar-refractivity contribution < 1.29 is 4.79 Å². The van der Waals surface area contributed by atoms with E-state index >= 15 is 0 Å². The van der Waals surface area contributed by atoms with Crippen LogP contribution in [0, 0.1) is 0 Å². The van der Waals surface area contributed by atoms with E-state index in [0.29, 0.717) is 5.56 Å². The molecule has 0 aliphatic carbocycles. The number of nitrogens with zero attached hydrogens (tertiary/aromatic N) is 2. The molecule has 2 aromatic carbocycles. The lowest BCUT2D eigenvalue weighted by Gasteiger charge is -2.26. The van der Waals surface area contributed by atoms with Crippen molar-refractivity contribution in [1.82, 2.24) is 4.90 Å². The fourth-order valence-corrected chi connectivity index (χ4v) is 2.70. The molecule has 0 bridgehead atoms. The second-order valence-electron chi connectivity index (χ2n) is 5.45. The van der Waals surface area contributed by atoms with Crippen LogP contribution in [0.4, 0.5) is 0 Å². The smallest absolute Gasteiger partial charge is 0.259 e. The summed E-state index contributed by atoms with van der Waals surface area (Å²) in [6, 6.07) is 19.5. The average molecular weight is 292 g/mol. The van der Waals surface area contributed by atoms with Crippen LogP contribution in [0.2, 0.25) is 0 Å². The number of amides is 1. The summed E-state index contributed by atoms with van der Waals surface area (Å²) in [5, 5.41) is 0. The van der Waals surface area contributed by atoms with Crippen molar-refractivity contribution in [1.29, 1.82) is 0 Å². The molecule has 0 N–H and O–H groups in total. The first kappa shape index (κ1) is 14.5. The van der Waals surface area contributed by atoms with Crippen molar-refractivity contribution in [2.75, 3.05) is 13.1 Å². The van der Waals surface area contributed by atoms with Gasteiger partial charge < -0.3 is 0 Å². The highest BCUT2D eigenvalue weighted by atomic mass is 16.2. The van der Waals surface area contributed by atoms with Gasteiger partial charge in [0.1, 0.15) is 5.84 Å². The van der Waals surface area contributed by atoms with Gasteiger partial charge >= 0.3 is 0 Å². The fourth-order valence-electron chi connectivity index (χ4n) is 2.70. The van der Waals surface area contributed by atoms with Gasteiger partial charge in [0.25, 0.3) is 5.91 Å². The molecule has 0 atom stereocenters. The van der Waals surface area contributed by atoms with E-state index in [1.807, 2.05) is 65.6 Å². The maximum absolute atomic E-state index is 12.9. The summed E-state index contributed by atoms with van der Waals surface area (Å²) in [7, 11) is 0. The highest BCUT2D eigenvalue weighted by Gasteiger charge is 2.22. The van der Waals surface area contributed by atoms with Crippen LogP contribution >= 0.6 is 0 Å². The number of amidine groups is 1. The lowest BCUT2D eigenvalue weighted by molar-refractivity contribution is 0.0844. The molecule has 3 heteroatoms. The molecule has 0 aromatic heterocycles. The minimum absolute atomic E-state index is 0.0325. The molecule has 112 valence electrons. The number of benzene rings is 2. The van der Waals surface area contributed by atoms with E-state index in [9.17, 15) is 4.79 Å². The molecule has 0 spiro atoms. The number of carbonyl (C=O) groups excluding carboxylic acids is 1. The van der Waals surface area contributed by atoms with Crippen LogP contribution in [0.25, 0.3) is 0 Å². The molecule has 0 saturated carbocycles. The molecule has 1 aliphatic rings. The average Bonchev–Trinajstić information content (AvgIpc) is 2.56. The van der Waals surface area contributed by atoms with E-state index in [1.54, 1.807) is 0 Å². The van der Waals surface area contributed by atoms with Gasteiger partial charge in [0.15, 0.2) is 0 Å².